The van der Waals surface area contributed by atoms with E-state index in [-0.39, 0.29) is 11.8 Å². The Labute approximate surface area is 187 Å². The lowest BCUT2D eigenvalue weighted by molar-refractivity contribution is -0.132. The highest BCUT2D eigenvalue weighted by Crippen LogP contribution is 2.24. The van der Waals surface area contributed by atoms with Crippen LogP contribution in [0.5, 0.6) is 0 Å². The number of amides is 2. The molecule has 0 N–H and O–H groups in total. The molecule has 0 aliphatic carbocycles. The van der Waals surface area contributed by atoms with Crippen molar-refractivity contribution < 1.29 is 9.59 Å². The maximum absolute atomic E-state index is 12.8. The molecule has 2 amide bonds. The molecule has 0 radical (unpaired) electrons. The Hall–Kier alpha value is -2.99. The number of benzene rings is 2. The minimum Gasteiger partial charge on any atom is -0.339 e. The lowest BCUT2D eigenvalue weighted by atomic mass is 10.1. The van der Waals surface area contributed by atoms with Crippen molar-refractivity contribution in [1.29, 1.82) is 0 Å². The molecule has 0 saturated carbocycles. The van der Waals surface area contributed by atoms with Crippen molar-refractivity contribution in [1.82, 2.24) is 14.8 Å². The predicted molar refractivity (Wildman–Crippen MR) is 124 cm³/mol. The van der Waals surface area contributed by atoms with Crippen molar-refractivity contribution in [2.24, 2.45) is 0 Å². The molecule has 2 aromatic carbocycles. The standard InChI is InChI=1S/C25H27N3O2S/c1-3-19-6-10-20(11-7-19)24-26-22(17-31-24)16-23(29)27-12-14-28(15-13-27)25(30)21-8-4-18(2)5-9-21/h4-11,17H,3,12-16H2,1-2H3. The van der Waals surface area contributed by atoms with Crippen molar-refractivity contribution in [3.8, 4) is 10.6 Å². The van der Waals surface area contributed by atoms with E-state index >= 15 is 0 Å². The summed E-state index contributed by atoms with van der Waals surface area (Å²) in [5, 5.41) is 2.91. The van der Waals surface area contributed by atoms with Crippen molar-refractivity contribution in [2.45, 2.75) is 26.7 Å². The molecule has 0 atom stereocenters. The average molecular weight is 434 g/mol. The topological polar surface area (TPSA) is 53.5 Å². The second-order valence-electron chi connectivity index (χ2n) is 7.91. The lowest BCUT2D eigenvalue weighted by Gasteiger charge is -2.34. The number of rotatable bonds is 5. The number of thiazole rings is 1. The van der Waals surface area contributed by atoms with E-state index in [0.29, 0.717) is 38.2 Å². The number of aryl methyl sites for hydroxylation is 2. The highest BCUT2D eigenvalue weighted by molar-refractivity contribution is 7.13. The van der Waals surface area contributed by atoms with Crippen LogP contribution in [-0.4, -0.2) is 52.8 Å². The molecule has 5 nitrogen and oxygen atoms in total. The van der Waals surface area contributed by atoms with Crippen LogP contribution in [0.3, 0.4) is 0 Å². The molecule has 0 bridgehead atoms. The van der Waals surface area contributed by atoms with E-state index in [1.807, 2.05) is 46.4 Å². The van der Waals surface area contributed by atoms with Gasteiger partial charge in [-0.25, -0.2) is 4.98 Å². The summed E-state index contributed by atoms with van der Waals surface area (Å²) in [5.41, 5.74) is 5.03. The number of carbonyl (C=O) groups is 2. The first kappa shape index (κ1) is 21.2. The van der Waals surface area contributed by atoms with E-state index < -0.39 is 0 Å². The van der Waals surface area contributed by atoms with Crippen molar-refractivity contribution in [2.75, 3.05) is 26.2 Å². The summed E-state index contributed by atoms with van der Waals surface area (Å²) in [6.45, 7) is 6.39. The molecular formula is C25H27N3O2S. The first-order valence-corrected chi connectivity index (χ1v) is 11.6. The molecule has 4 rings (SSSR count). The summed E-state index contributed by atoms with van der Waals surface area (Å²) < 4.78 is 0. The number of hydrogen-bond acceptors (Lipinski definition) is 4. The SMILES string of the molecule is CCc1ccc(-c2nc(CC(=O)N3CCN(C(=O)c4ccc(C)cc4)CC3)cs2)cc1. The Kier molecular flexibility index (Phi) is 6.47. The van der Waals surface area contributed by atoms with Crippen LogP contribution < -0.4 is 0 Å². The molecular weight excluding hydrogens is 406 g/mol. The van der Waals surface area contributed by atoms with E-state index in [4.69, 9.17) is 0 Å². The number of hydrogen-bond donors (Lipinski definition) is 0. The average Bonchev–Trinajstić information content (AvgIpc) is 3.27. The Morgan fingerprint density at radius 3 is 2.23 bits per heavy atom. The first-order chi connectivity index (χ1) is 15.0. The minimum atomic E-state index is 0.0327. The van der Waals surface area contributed by atoms with Crippen molar-refractivity contribution in [3.63, 3.8) is 0 Å². The maximum Gasteiger partial charge on any atom is 0.253 e. The molecule has 1 aliphatic heterocycles. The fourth-order valence-corrected chi connectivity index (χ4v) is 4.53. The highest BCUT2D eigenvalue weighted by atomic mass is 32.1. The zero-order chi connectivity index (χ0) is 21.8. The molecule has 2 heterocycles. The van der Waals surface area contributed by atoms with Crippen LogP contribution in [0.1, 0.15) is 34.1 Å². The third-order valence-electron chi connectivity index (χ3n) is 5.71. The van der Waals surface area contributed by atoms with Crippen LogP contribution in [-0.2, 0) is 17.6 Å². The first-order valence-electron chi connectivity index (χ1n) is 10.7. The molecule has 0 spiro atoms. The van der Waals surface area contributed by atoms with Gasteiger partial charge in [0.2, 0.25) is 5.91 Å². The third-order valence-corrected chi connectivity index (χ3v) is 6.65. The lowest BCUT2D eigenvalue weighted by Crippen LogP contribution is -2.51. The largest absolute Gasteiger partial charge is 0.339 e. The van der Waals surface area contributed by atoms with Gasteiger partial charge >= 0.3 is 0 Å². The van der Waals surface area contributed by atoms with Crippen LogP contribution in [0, 0.1) is 6.92 Å². The normalized spacial score (nSPS) is 14.0. The number of piperazine rings is 1. The van der Waals surface area contributed by atoms with Gasteiger partial charge in [0.05, 0.1) is 12.1 Å². The van der Waals surface area contributed by atoms with Crippen molar-refractivity contribution in [3.05, 3.63) is 76.3 Å². The number of aromatic nitrogens is 1. The maximum atomic E-state index is 12.8. The number of carbonyl (C=O) groups excluding carboxylic acids is 2. The van der Waals surface area contributed by atoms with Gasteiger partial charge in [-0.3, -0.25) is 9.59 Å². The summed E-state index contributed by atoms with van der Waals surface area (Å²) in [6.07, 6.45) is 1.32. The van der Waals surface area contributed by atoms with Gasteiger partial charge < -0.3 is 9.80 Å². The van der Waals surface area contributed by atoms with Gasteiger partial charge in [-0.15, -0.1) is 11.3 Å². The summed E-state index contributed by atoms with van der Waals surface area (Å²) in [6, 6.07) is 16.1. The van der Waals surface area contributed by atoms with E-state index in [0.717, 1.165) is 28.2 Å². The van der Waals surface area contributed by atoms with Crippen LogP contribution >= 0.6 is 11.3 Å². The molecule has 1 fully saturated rings. The van der Waals surface area contributed by atoms with E-state index in [1.54, 1.807) is 11.3 Å². The van der Waals surface area contributed by atoms with Crippen LogP contribution in [0.15, 0.2) is 53.9 Å². The van der Waals surface area contributed by atoms with Crippen LogP contribution in [0.2, 0.25) is 0 Å². The highest BCUT2D eigenvalue weighted by Gasteiger charge is 2.25. The van der Waals surface area contributed by atoms with Crippen LogP contribution in [0.25, 0.3) is 10.6 Å². The van der Waals surface area contributed by atoms with E-state index in [2.05, 4.69) is 36.2 Å². The molecule has 0 unspecified atom stereocenters. The van der Waals surface area contributed by atoms with Gasteiger partial charge in [0.15, 0.2) is 0 Å². The zero-order valence-corrected chi connectivity index (χ0v) is 18.8. The second kappa shape index (κ2) is 9.43. The Bertz CT molecular complexity index is 1050. The van der Waals surface area contributed by atoms with E-state index in [9.17, 15) is 9.59 Å². The molecule has 1 saturated heterocycles. The monoisotopic (exact) mass is 433 g/mol. The van der Waals surface area contributed by atoms with Gasteiger partial charge in [0.1, 0.15) is 5.01 Å². The molecule has 3 aromatic rings. The van der Waals surface area contributed by atoms with Gasteiger partial charge in [0.25, 0.3) is 5.91 Å². The van der Waals surface area contributed by atoms with E-state index in [1.165, 1.54) is 5.56 Å². The third kappa shape index (κ3) is 5.02. The zero-order valence-electron chi connectivity index (χ0n) is 18.0. The summed E-state index contributed by atoms with van der Waals surface area (Å²) in [7, 11) is 0. The van der Waals surface area contributed by atoms with Crippen LogP contribution in [0.4, 0.5) is 0 Å². The summed E-state index contributed by atoms with van der Waals surface area (Å²) >= 11 is 1.57. The molecule has 1 aromatic heterocycles. The minimum absolute atomic E-state index is 0.0327. The predicted octanol–water partition coefficient (Wildman–Crippen LogP) is 4.21. The Morgan fingerprint density at radius 2 is 1.58 bits per heavy atom. The van der Waals surface area contributed by atoms with Gasteiger partial charge in [0, 0.05) is 42.7 Å². The smallest absolute Gasteiger partial charge is 0.253 e. The number of nitrogens with zero attached hydrogens (tertiary/aromatic N) is 3. The molecule has 31 heavy (non-hydrogen) atoms. The molecule has 6 heteroatoms. The Balaban J connectivity index is 1.31. The summed E-state index contributed by atoms with van der Waals surface area (Å²) in [5.74, 6) is 0.103. The van der Waals surface area contributed by atoms with Gasteiger partial charge in [-0.1, -0.05) is 48.9 Å². The molecule has 160 valence electrons. The quantitative estimate of drug-likeness (QED) is 0.606. The van der Waals surface area contributed by atoms with Gasteiger partial charge in [-0.2, -0.15) is 0 Å². The fourth-order valence-electron chi connectivity index (χ4n) is 3.71. The van der Waals surface area contributed by atoms with Gasteiger partial charge in [-0.05, 0) is 31.0 Å². The molecule has 1 aliphatic rings. The Morgan fingerprint density at radius 1 is 0.935 bits per heavy atom. The van der Waals surface area contributed by atoms with Crippen molar-refractivity contribution >= 4 is 23.2 Å². The fraction of sp³-hybridized carbons (Fsp3) is 0.320. The second-order valence-corrected chi connectivity index (χ2v) is 8.77. The summed E-state index contributed by atoms with van der Waals surface area (Å²) in [4.78, 5) is 33.8.